The van der Waals surface area contributed by atoms with E-state index in [0.717, 1.165) is 37.3 Å². The molecule has 0 aromatic carbocycles. The lowest BCUT2D eigenvalue weighted by Crippen LogP contribution is -2.30. The Kier molecular flexibility index (Phi) is 3.88. The quantitative estimate of drug-likeness (QED) is 0.594. The van der Waals surface area contributed by atoms with Crippen LogP contribution < -0.4 is 11.3 Å². The van der Waals surface area contributed by atoms with Crippen molar-refractivity contribution in [1.82, 2.24) is 10.4 Å². The SMILES string of the molecule is Cc1ccc(C(CC2CCOC2)NN)cn1. The number of nitrogens with one attached hydrogen (secondary N) is 1. The first-order chi connectivity index (χ1) is 7.79. The van der Waals surface area contributed by atoms with Gasteiger partial charge in [0.25, 0.3) is 0 Å². The molecule has 2 rings (SSSR count). The third-order valence-electron chi connectivity index (χ3n) is 3.13. The molecule has 2 atom stereocenters. The summed E-state index contributed by atoms with van der Waals surface area (Å²) in [7, 11) is 0. The molecule has 1 aromatic rings. The summed E-state index contributed by atoms with van der Waals surface area (Å²) in [6, 6.07) is 4.29. The topological polar surface area (TPSA) is 60.2 Å². The molecule has 1 saturated heterocycles. The number of hydrazine groups is 1. The molecule has 1 aliphatic heterocycles. The van der Waals surface area contributed by atoms with Crippen LogP contribution in [0.4, 0.5) is 0 Å². The minimum atomic E-state index is 0.180. The summed E-state index contributed by atoms with van der Waals surface area (Å²) in [4.78, 5) is 4.30. The maximum Gasteiger partial charge on any atom is 0.0495 e. The number of pyridine rings is 1. The first kappa shape index (κ1) is 11.5. The van der Waals surface area contributed by atoms with Crippen LogP contribution >= 0.6 is 0 Å². The van der Waals surface area contributed by atoms with Crippen LogP contribution in [0.1, 0.15) is 30.1 Å². The maximum absolute atomic E-state index is 5.60. The van der Waals surface area contributed by atoms with Crippen molar-refractivity contribution in [2.75, 3.05) is 13.2 Å². The number of rotatable bonds is 4. The standard InChI is InChI=1S/C12H19N3O/c1-9-2-3-11(7-14-9)12(15-13)6-10-4-5-16-8-10/h2-3,7,10,12,15H,4-6,8,13H2,1H3. The van der Waals surface area contributed by atoms with Crippen LogP contribution in [-0.2, 0) is 4.74 Å². The minimum absolute atomic E-state index is 0.180. The van der Waals surface area contributed by atoms with Crippen molar-refractivity contribution in [3.63, 3.8) is 0 Å². The molecule has 1 aliphatic rings. The normalized spacial score (nSPS) is 22.2. The summed E-state index contributed by atoms with van der Waals surface area (Å²) in [6.07, 6.45) is 4.05. The second-order valence-electron chi connectivity index (χ2n) is 4.42. The molecule has 3 N–H and O–H groups in total. The largest absolute Gasteiger partial charge is 0.381 e. The number of hydrogen-bond donors (Lipinski definition) is 2. The highest BCUT2D eigenvalue weighted by Gasteiger charge is 2.21. The summed E-state index contributed by atoms with van der Waals surface area (Å²) >= 11 is 0. The van der Waals surface area contributed by atoms with Crippen molar-refractivity contribution in [2.24, 2.45) is 11.8 Å². The highest BCUT2D eigenvalue weighted by Crippen LogP contribution is 2.25. The zero-order valence-electron chi connectivity index (χ0n) is 9.65. The van der Waals surface area contributed by atoms with Crippen LogP contribution in [0.3, 0.4) is 0 Å². The lowest BCUT2D eigenvalue weighted by Gasteiger charge is -2.19. The van der Waals surface area contributed by atoms with Crippen LogP contribution in [0.15, 0.2) is 18.3 Å². The van der Waals surface area contributed by atoms with Gasteiger partial charge in [-0.25, -0.2) is 0 Å². The van der Waals surface area contributed by atoms with E-state index < -0.39 is 0 Å². The van der Waals surface area contributed by atoms with Gasteiger partial charge < -0.3 is 4.74 Å². The molecule has 0 radical (unpaired) electrons. The van der Waals surface area contributed by atoms with Crippen molar-refractivity contribution in [1.29, 1.82) is 0 Å². The summed E-state index contributed by atoms with van der Waals surface area (Å²) in [5.74, 6) is 6.22. The highest BCUT2D eigenvalue weighted by atomic mass is 16.5. The molecule has 2 unspecified atom stereocenters. The van der Waals surface area contributed by atoms with Gasteiger partial charge in [0.05, 0.1) is 0 Å². The van der Waals surface area contributed by atoms with Gasteiger partial charge in [-0.1, -0.05) is 6.07 Å². The monoisotopic (exact) mass is 221 g/mol. The van der Waals surface area contributed by atoms with Gasteiger partial charge in [0.15, 0.2) is 0 Å². The Bertz CT molecular complexity index is 320. The summed E-state index contributed by atoms with van der Waals surface area (Å²) in [6.45, 7) is 3.73. The minimum Gasteiger partial charge on any atom is -0.381 e. The fourth-order valence-electron chi connectivity index (χ4n) is 2.09. The molecule has 1 fully saturated rings. The van der Waals surface area contributed by atoms with Gasteiger partial charge in [-0.3, -0.25) is 16.3 Å². The number of aryl methyl sites for hydroxylation is 1. The predicted molar refractivity (Wildman–Crippen MR) is 62.6 cm³/mol. The van der Waals surface area contributed by atoms with Crippen LogP contribution in [0.5, 0.6) is 0 Å². The molecule has 0 spiro atoms. The van der Waals surface area contributed by atoms with E-state index in [2.05, 4.69) is 16.5 Å². The van der Waals surface area contributed by atoms with Crippen LogP contribution in [0.2, 0.25) is 0 Å². The van der Waals surface area contributed by atoms with E-state index in [1.807, 2.05) is 19.2 Å². The van der Waals surface area contributed by atoms with Crippen molar-refractivity contribution in [3.05, 3.63) is 29.6 Å². The van der Waals surface area contributed by atoms with E-state index in [1.54, 1.807) is 0 Å². The Morgan fingerprint density at radius 1 is 1.62 bits per heavy atom. The third kappa shape index (κ3) is 2.78. The van der Waals surface area contributed by atoms with Crippen LogP contribution in [0.25, 0.3) is 0 Å². The summed E-state index contributed by atoms with van der Waals surface area (Å²) in [5.41, 5.74) is 5.05. The molecule has 16 heavy (non-hydrogen) atoms. The van der Waals surface area contributed by atoms with Gasteiger partial charge in [0.2, 0.25) is 0 Å². The average Bonchev–Trinajstić information content (AvgIpc) is 2.80. The molecule has 88 valence electrons. The summed E-state index contributed by atoms with van der Waals surface area (Å²) in [5, 5.41) is 0. The van der Waals surface area contributed by atoms with E-state index in [9.17, 15) is 0 Å². The number of aromatic nitrogens is 1. The molecular weight excluding hydrogens is 202 g/mol. The van der Waals surface area contributed by atoms with Crippen molar-refractivity contribution < 1.29 is 4.74 Å². The van der Waals surface area contributed by atoms with Crippen molar-refractivity contribution in [2.45, 2.75) is 25.8 Å². The maximum atomic E-state index is 5.60. The van der Waals surface area contributed by atoms with E-state index in [0.29, 0.717) is 5.92 Å². The Morgan fingerprint density at radius 2 is 2.50 bits per heavy atom. The molecular formula is C12H19N3O. The number of hydrogen-bond acceptors (Lipinski definition) is 4. The van der Waals surface area contributed by atoms with Gasteiger partial charge in [0.1, 0.15) is 0 Å². The lowest BCUT2D eigenvalue weighted by molar-refractivity contribution is 0.181. The van der Waals surface area contributed by atoms with Gasteiger partial charge in [-0.05, 0) is 37.3 Å². The Balaban J connectivity index is 2.00. The molecule has 0 bridgehead atoms. The van der Waals surface area contributed by atoms with E-state index in [1.165, 1.54) is 0 Å². The van der Waals surface area contributed by atoms with E-state index >= 15 is 0 Å². The van der Waals surface area contributed by atoms with E-state index in [-0.39, 0.29) is 6.04 Å². The molecule has 0 saturated carbocycles. The molecule has 4 heteroatoms. The fourth-order valence-corrected chi connectivity index (χ4v) is 2.09. The second-order valence-corrected chi connectivity index (χ2v) is 4.42. The van der Waals surface area contributed by atoms with E-state index in [4.69, 9.17) is 10.6 Å². The number of nitrogens with zero attached hydrogens (tertiary/aromatic N) is 1. The Hall–Kier alpha value is -0.970. The zero-order valence-corrected chi connectivity index (χ0v) is 9.65. The van der Waals surface area contributed by atoms with Gasteiger partial charge in [-0.2, -0.15) is 0 Å². The second kappa shape index (κ2) is 5.39. The first-order valence-electron chi connectivity index (χ1n) is 5.76. The van der Waals surface area contributed by atoms with Gasteiger partial charge >= 0.3 is 0 Å². The van der Waals surface area contributed by atoms with Gasteiger partial charge in [0, 0.05) is 31.1 Å². The zero-order chi connectivity index (χ0) is 11.4. The number of nitrogens with two attached hydrogens (primary N) is 1. The molecule has 0 amide bonds. The predicted octanol–water partition coefficient (Wildman–Crippen LogP) is 1.32. The van der Waals surface area contributed by atoms with Gasteiger partial charge in [-0.15, -0.1) is 0 Å². The Morgan fingerprint density at radius 3 is 3.06 bits per heavy atom. The molecule has 4 nitrogen and oxygen atoms in total. The molecule has 1 aromatic heterocycles. The molecule has 0 aliphatic carbocycles. The smallest absolute Gasteiger partial charge is 0.0495 e. The van der Waals surface area contributed by atoms with Crippen LogP contribution in [-0.4, -0.2) is 18.2 Å². The lowest BCUT2D eigenvalue weighted by atomic mass is 9.95. The Labute approximate surface area is 96.2 Å². The fraction of sp³-hybridized carbons (Fsp3) is 0.583. The highest BCUT2D eigenvalue weighted by molar-refractivity contribution is 5.17. The number of ether oxygens (including phenoxy) is 1. The average molecular weight is 221 g/mol. The van der Waals surface area contributed by atoms with Crippen molar-refractivity contribution in [3.8, 4) is 0 Å². The van der Waals surface area contributed by atoms with Crippen molar-refractivity contribution >= 4 is 0 Å². The summed E-state index contributed by atoms with van der Waals surface area (Å²) < 4.78 is 5.37. The third-order valence-corrected chi connectivity index (χ3v) is 3.13. The molecule has 2 heterocycles. The first-order valence-corrected chi connectivity index (χ1v) is 5.76. The van der Waals surface area contributed by atoms with Crippen LogP contribution in [0, 0.1) is 12.8 Å².